The van der Waals surface area contributed by atoms with Crippen LogP contribution >= 0.6 is 11.8 Å². The van der Waals surface area contributed by atoms with Crippen molar-refractivity contribution in [3.63, 3.8) is 0 Å². The Bertz CT molecular complexity index is 2400. The van der Waals surface area contributed by atoms with Crippen molar-refractivity contribution < 1.29 is 97.8 Å². The maximum Gasteiger partial charge on any atom is 0.305 e. The number of primary amides is 1. The lowest BCUT2D eigenvalue weighted by atomic mass is 9.96. The van der Waals surface area contributed by atoms with Crippen LogP contribution in [0.3, 0.4) is 0 Å². The molecular weight excluding hydrogens is 1190 g/mol. The molecule has 89 heavy (non-hydrogen) atoms. The molecule has 0 radical (unpaired) electrons. The van der Waals surface area contributed by atoms with Gasteiger partial charge in [0.15, 0.2) is 0 Å². The maximum atomic E-state index is 14.2. The number of carboxylic acid groups (broad SMARTS) is 4. The van der Waals surface area contributed by atoms with Crippen LogP contribution in [0.15, 0.2) is 0 Å². The van der Waals surface area contributed by atoms with Crippen molar-refractivity contribution in [3.8, 4) is 0 Å². The van der Waals surface area contributed by atoms with Gasteiger partial charge >= 0.3 is 23.9 Å². The molecule has 0 aromatic heterocycles. The topological polar surface area (TPSA) is 533 Å². The van der Waals surface area contributed by atoms with Gasteiger partial charge in [0, 0.05) is 19.4 Å². The van der Waals surface area contributed by atoms with Crippen molar-refractivity contribution in [1.82, 2.24) is 53.2 Å². The molecule has 508 valence electrons. The van der Waals surface area contributed by atoms with Crippen LogP contribution in [-0.4, -0.2) is 211 Å². The molecule has 20 N–H and O–H groups in total. The second-order valence-corrected chi connectivity index (χ2v) is 24.2. The zero-order valence-corrected chi connectivity index (χ0v) is 53.5. The summed E-state index contributed by atoms with van der Waals surface area (Å²) in [7, 11) is 0. The van der Waals surface area contributed by atoms with Crippen LogP contribution in [-0.2, 0) is 67.1 Å². The first kappa shape index (κ1) is 81.8. The van der Waals surface area contributed by atoms with Gasteiger partial charge < -0.3 is 95.3 Å². The number of rotatable bonds is 46. The second-order valence-electron chi connectivity index (χ2n) is 23.2. The molecule has 0 unspecified atom stereocenters. The third-order valence-corrected chi connectivity index (χ3v) is 15.0. The molecule has 0 aliphatic heterocycles. The van der Waals surface area contributed by atoms with Gasteiger partial charge in [0.25, 0.3) is 0 Å². The second kappa shape index (κ2) is 41.9. The van der Waals surface area contributed by atoms with Crippen molar-refractivity contribution >= 4 is 94.7 Å². The van der Waals surface area contributed by atoms with E-state index < -0.39 is 212 Å². The number of hydrogen-bond donors (Lipinski definition) is 18. The van der Waals surface area contributed by atoms with Gasteiger partial charge in [-0.2, -0.15) is 11.8 Å². The van der Waals surface area contributed by atoms with E-state index in [-0.39, 0.29) is 50.5 Å². The molecular formula is C56H98N12O20S. The standard InChI is InChI=1S/C56H98N12O20S/c1-12-29(9)45(67-48(80)31(57)14-16-40(71)72)56(88)65-38(25-69)53(85)60-33(15-17-41(73)74)50(82)68-46(30(10)13-2)55(87)64-37(23-43(77)78)52(84)61-34(20-26(3)4)39(70)24-59-32(18-19-89-11)49(81)66-44(28(7)8)54(86)63-36(21-27(5)6)51(83)62-35(47(58)79)22-42(75)76/h26-39,44-46,59,69-70H,12-25,57H2,1-11H3,(H2,58,79)(H,60,85)(H,61,84)(H,62,83)(H,63,86)(H,64,87)(H,65,88)(H,66,81)(H,67,80)(H,68,82)(H,71,72)(H,73,74)(H,75,76)(H,77,78)/t29-,30-,31-,32-,33-,34-,35-,36-,37-,38-,39-,44-,45-,46-/m0/s1. The average Bonchev–Trinajstić information content (AvgIpc) is 3.56. The highest BCUT2D eigenvalue weighted by atomic mass is 32.2. The fraction of sp³-hybridized carbons (Fsp3) is 0.750. The normalized spacial score (nSPS) is 16.1. The van der Waals surface area contributed by atoms with E-state index >= 15 is 0 Å². The molecule has 0 aliphatic rings. The van der Waals surface area contributed by atoms with Gasteiger partial charge in [-0.15, -0.1) is 0 Å². The third kappa shape index (κ3) is 31.7. The Balaban J connectivity index is 6.71. The molecule has 0 aliphatic carbocycles. The van der Waals surface area contributed by atoms with Crippen molar-refractivity contribution in [2.75, 3.05) is 25.2 Å². The van der Waals surface area contributed by atoms with Crippen LogP contribution in [0.1, 0.15) is 140 Å². The van der Waals surface area contributed by atoms with E-state index in [0.29, 0.717) is 12.2 Å². The van der Waals surface area contributed by atoms with E-state index in [2.05, 4.69) is 53.2 Å². The van der Waals surface area contributed by atoms with Crippen LogP contribution in [0.2, 0.25) is 0 Å². The molecule has 0 fully saturated rings. The summed E-state index contributed by atoms with van der Waals surface area (Å²) in [4.78, 5) is 182. The number of aliphatic carboxylic acids is 4. The smallest absolute Gasteiger partial charge is 0.305 e. The number of thioether (sulfide) groups is 1. The number of aliphatic hydroxyl groups is 2. The number of nitrogens with one attached hydrogen (secondary N) is 10. The van der Waals surface area contributed by atoms with Gasteiger partial charge in [0.1, 0.15) is 48.3 Å². The van der Waals surface area contributed by atoms with Crippen molar-refractivity contribution in [1.29, 1.82) is 0 Å². The van der Waals surface area contributed by atoms with Gasteiger partial charge in [-0.05, 0) is 73.7 Å². The monoisotopic (exact) mass is 1290 g/mol. The molecule has 14 atom stereocenters. The Morgan fingerprint density at radius 3 is 1.31 bits per heavy atom. The van der Waals surface area contributed by atoms with Gasteiger partial charge in [-0.1, -0.05) is 82.1 Å². The first-order valence-corrected chi connectivity index (χ1v) is 31.0. The molecule has 0 rings (SSSR count). The lowest BCUT2D eigenvalue weighted by Crippen LogP contribution is -2.62. The Hall–Kier alpha value is -7.23. The summed E-state index contributed by atoms with van der Waals surface area (Å²) in [5.74, 6) is -17.5. The molecule has 0 spiro atoms. The van der Waals surface area contributed by atoms with E-state index in [4.69, 9.17) is 16.6 Å². The number of nitrogens with two attached hydrogens (primary N) is 2. The van der Waals surface area contributed by atoms with Gasteiger partial charge in [0.2, 0.25) is 59.1 Å². The summed E-state index contributed by atoms with van der Waals surface area (Å²) in [5, 5.41) is 84.6. The van der Waals surface area contributed by atoms with E-state index in [1.165, 1.54) is 18.7 Å². The van der Waals surface area contributed by atoms with Gasteiger partial charge in [0.05, 0.1) is 43.7 Å². The van der Waals surface area contributed by atoms with Gasteiger partial charge in [-0.25, -0.2) is 0 Å². The highest BCUT2D eigenvalue weighted by Crippen LogP contribution is 2.16. The molecule has 33 heteroatoms. The summed E-state index contributed by atoms with van der Waals surface area (Å²) in [5.41, 5.74) is 11.1. The molecule has 0 aromatic rings. The van der Waals surface area contributed by atoms with Gasteiger partial charge in [-0.3, -0.25) is 67.1 Å². The highest BCUT2D eigenvalue weighted by Gasteiger charge is 2.38. The zero-order valence-electron chi connectivity index (χ0n) is 52.7. The Kier molecular flexibility index (Phi) is 38.5. The van der Waals surface area contributed by atoms with E-state index in [1.807, 2.05) is 0 Å². The van der Waals surface area contributed by atoms with Crippen LogP contribution in [0.5, 0.6) is 0 Å². The van der Waals surface area contributed by atoms with Crippen molar-refractivity contribution in [3.05, 3.63) is 0 Å². The first-order chi connectivity index (χ1) is 41.4. The SMILES string of the molecule is CC[C@H](C)[C@H](NC(=O)[C@H](CCC(=O)O)NC(=O)[C@H](CO)NC(=O)[C@@H](NC(=O)[C@@H](N)CCC(=O)O)[C@@H](C)CC)C(=O)N[C@@H](CC(=O)O)C(=O)N[C@@H](CC(C)C)[C@@H](O)CN[C@@H](CCSC)C(=O)N[C@H](C(=O)N[C@@H](CC(C)C)C(=O)N[C@@H](CC(=O)O)C(N)=O)C(C)C. The molecule has 32 nitrogen and oxygen atoms in total. The quantitative estimate of drug-likeness (QED) is 0.0285. The van der Waals surface area contributed by atoms with Crippen LogP contribution < -0.4 is 64.6 Å². The maximum absolute atomic E-state index is 14.2. The summed E-state index contributed by atoms with van der Waals surface area (Å²) < 4.78 is 0. The van der Waals surface area contributed by atoms with E-state index in [1.54, 1.807) is 68.6 Å². The van der Waals surface area contributed by atoms with Crippen molar-refractivity contribution in [2.24, 2.45) is 41.1 Å². The summed E-state index contributed by atoms with van der Waals surface area (Å²) in [6.45, 7) is 15.2. The minimum Gasteiger partial charge on any atom is -0.481 e. The van der Waals surface area contributed by atoms with Crippen LogP contribution in [0.25, 0.3) is 0 Å². The number of carboxylic acids is 4. The number of amides is 10. The summed E-state index contributed by atoms with van der Waals surface area (Å²) in [6.07, 6.45) is -2.86. The Morgan fingerprint density at radius 2 is 0.854 bits per heavy atom. The molecule has 0 saturated carbocycles. The first-order valence-electron chi connectivity index (χ1n) is 29.6. The average molecular weight is 1290 g/mol. The molecule has 0 aromatic carbocycles. The van der Waals surface area contributed by atoms with E-state index in [9.17, 15) is 92.7 Å². The lowest BCUT2D eigenvalue weighted by Gasteiger charge is -2.31. The fourth-order valence-electron chi connectivity index (χ4n) is 8.73. The molecule has 0 heterocycles. The number of aliphatic hydroxyl groups excluding tert-OH is 2. The zero-order chi connectivity index (χ0) is 68.6. The summed E-state index contributed by atoms with van der Waals surface area (Å²) >= 11 is 1.38. The Labute approximate surface area is 522 Å². The number of carbonyl (C=O) groups excluding carboxylic acids is 10. The van der Waals surface area contributed by atoms with Crippen LogP contribution in [0, 0.1) is 29.6 Å². The third-order valence-electron chi connectivity index (χ3n) is 14.3. The Morgan fingerprint density at radius 1 is 0.449 bits per heavy atom. The number of carbonyl (C=O) groups is 14. The molecule has 0 bridgehead atoms. The minimum atomic E-state index is -1.86. The predicted molar refractivity (Wildman–Crippen MR) is 323 cm³/mol. The fourth-order valence-corrected chi connectivity index (χ4v) is 9.20. The largest absolute Gasteiger partial charge is 0.481 e. The van der Waals surface area contributed by atoms with Crippen LogP contribution in [0.4, 0.5) is 0 Å². The lowest BCUT2D eigenvalue weighted by molar-refractivity contribution is -0.142. The minimum absolute atomic E-state index is 0.0470. The molecule has 0 saturated heterocycles. The van der Waals surface area contributed by atoms with E-state index in [0.717, 1.165) is 0 Å². The predicted octanol–water partition coefficient (Wildman–Crippen LogP) is -3.25. The highest BCUT2D eigenvalue weighted by molar-refractivity contribution is 7.98. The molecule has 10 amide bonds. The number of hydrogen-bond acceptors (Lipinski definition) is 19. The summed E-state index contributed by atoms with van der Waals surface area (Å²) in [6, 6.07) is -16.1. The van der Waals surface area contributed by atoms with Crippen molar-refractivity contribution in [2.45, 2.75) is 212 Å².